The third-order valence-corrected chi connectivity index (χ3v) is 4.24. The minimum Gasteiger partial charge on any atom is -0.338 e. The fourth-order valence-corrected chi connectivity index (χ4v) is 2.75. The second-order valence-electron chi connectivity index (χ2n) is 6.29. The molecule has 21 heavy (non-hydrogen) atoms. The second kappa shape index (κ2) is 5.88. The van der Waals surface area contributed by atoms with Crippen molar-refractivity contribution in [2.45, 2.75) is 45.7 Å². The topological polar surface area (TPSA) is 49.4 Å². The van der Waals surface area contributed by atoms with Crippen LogP contribution in [0.3, 0.4) is 0 Å². The molecule has 114 valence electrons. The molecule has 2 rings (SSSR count). The van der Waals surface area contributed by atoms with Crippen LogP contribution in [0.1, 0.15) is 45.7 Å². The molecule has 1 aromatic rings. The van der Waals surface area contributed by atoms with Crippen LogP contribution in [-0.4, -0.2) is 28.8 Å². The molecule has 1 aliphatic heterocycles. The van der Waals surface area contributed by atoms with Crippen molar-refractivity contribution in [1.29, 1.82) is 0 Å². The van der Waals surface area contributed by atoms with Crippen molar-refractivity contribution in [1.82, 2.24) is 10.2 Å². The highest BCUT2D eigenvalue weighted by molar-refractivity contribution is 6.00. The molecule has 0 bridgehead atoms. The van der Waals surface area contributed by atoms with E-state index < -0.39 is 11.6 Å². The lowest BCUT2D eigenvalue weighted by Crippen LogP contribution is -2.67. The predicted molar refractivity (Wildman–Crippen MR) is 82.6 cm³/mol. The number of carbonyl (C=O) groups is 2. The third-order valence-electron chi connectivity index (χ3n) is 4.24. The first kappa shape index (κ1) is 15.5. The molecule has 0 spiro atoms. The summed E-state index contributed by atoms with van der Waals surface area (Å²) in [5.74, 6) is 0.236. The number of nitrogens with one attached hydrogen (secondary N) is 1. The van der Waals surface area contributed by atoms with Gasteiger partial charge in [-0.1, -0.05) is 51.1 Å². The molecule has 4 heteroatoms. The Balaban J connectivity index is 2.38. The first-order chi connectivity index (χ1) is 9.90. The van der Waals surface area contributed by atoms with E-state index in [9.17, 15) is 9.59 Å². The van der Waals surface area contributed by atoms with E-state index in [1.165, 1.54) is 0 Å². The maximum absolute atomic E-state index is 12.9. The molecule has 2 atom stereocenters. The highest BCUT2D eigenvalue weighted by atomic mass is 16.2. The number of hydrogen-bond donors (Lipinski definition) is 1. The maximum atomic E-state index is 12.9. The summed E-state index contributed by atoms with van der Waals surface area (Å²) in [5, 5.41) is 2.90. The standard InChI is InChI=1S/C17H24N2O2/c1-5-17(4)16(21)18-14(13-9-7-6-8-10-13)15(20)19(17)11-12(2)3/h6-10,12,14H,5,11H2,1-4H3,(H,18,21). The second-order valence-corrected chi connectivity index (χ2v) is 6.29. The van der Waals surface area contributed by atoms with Gasteiger partial charge in [0.25, 0.3) is 5.91 Å². The number of rotatable bonds is 4. The molecule has 1 fully saturated rings. The van der Waals surface area contributed by atoms with E-state index in [0.29, 0.717) is 18.9 Å². The average Bonchev–Trinajstić information content (AvgIpc) is 2.48. The number of benzene rings is 1. The van der Waals surface area contributed by atoms with E-state index in [1.807, 2.05) is 44.2 Å². The first-order valence-corrected chi connectivity index (χ1v) is 7.57. The number of carbonyl (C=O) groups excluding carboxylic acids is 2. The molecule has 0 aromatic heterocycles. The molecule has 2 amide bonds. The van der Waals surface area contributed by atoms with Crippen LogP contribution in [0.2, 0.25) is 0 Å². The summed E-state index contributed by atoms with van der Waals surface area (Å²) in [6.07, 6.45) is 0.610. The van der Waals surface area contributed by atoms with Crippen LogP contribution < -0.4 is 5.32 Å². The van der Waals surface area contributed by atoms with Crippen molar-refractivity contribution in [2.24, 2.45) is 5.92 Å². The fraction of sp³-hybridized carbons (Fsp3) is 0.529. The van der Waals surface area contributed by atoms with Gasteiger partial charge in [0.1, 0.15) is 11.6 Å². The van der Waals surface area contributed by atoms with Gasteiger partial charge in [-0.05, 0) is 24.8 Å². The summed E-state index contributed by atoms with van der Waals surface area (Å²) in [7, 11) is 0. The molecule has 1 heterocycles. The van der Waals surface area contributed by atoms with Crippen LogP contribution in [0.5, 0.6) is 0 Å². The number of nitrogens with zero attached hydrogens (tertiary/aromatic N) is 1. The lowest BCUT2D eigenvalue weighted by Gasteiger charge is -2.46. The Morgan fingerprint density at radius 3 is 2.38 bits per heavy atom. The number of hydrogen-bond acceptors (Lipinski definition) is 2. The van der Waals surface area contributed by atoms with Gasteiger partial charge in [-0.2, -0.15) is 0 Å². The third kappa shape index (κ3) is 2.80. The summed E-state index contributed by atoms with van der Waals surface area (Å²) in [6.45, 7) is 8.52. The fourth-order valence-electron chi connectivity index (χ4n) is 2.75. The maximum Gasteiger partial charge on any atom is 0.250 e. The zero-order chi connectivity index (χ0) is 15.6. The summed E-state index contributed by atoms with van der Waals surface area (Å²) in [4.78, 5) is 27.2. The van der Waals surface area contributed by atoms with E-state index in [4.69, 9.17) is 0 Å². The Bertz CT molecular complexity index is 527. The molecule has 1 aromatic carbocycles. The van der Waals surface area contributed by atoms with E-state index in [2.05, 4.69) is 19.2 Å². The van der Waals surface area contributed by atoms with Crippen LogP contribution >= 0.6 is 0 Å². The van der Waals surface area contributed by atoms with Crippen LogP contribution in [-0.2, 0) is 9.59 Å². The lowest BCUT2D eigenvalue weighted by atomic mass is 9.88. The summed E-state index contributed by atoms with van der Waals surface area (Å²) in [6, 6.07) is 8.86. The zero-order valence-corrected chi connectivity index (χ0v) is 13.2. The van der Waals surface area contributed by atoms with Crippen molar-refractivity contribution in [3.8, 4) is 0 Å². The van der Waals surface area contributed by atoms with E-state index in [0.717, 1.165) is 5.56 Å². The van der Waals surface area contributed by atoms with Gasteiger partial charge in [-0.3, -0.25) is 9.59 Å². The minimum atomic E-state index is -0.757. The van der Waals surface area contributed by atoms with Crippen LogP contribution in [0.15, 0.2) is 30.3 Å². The van der Waals surface area contributed by atoms with Gasteiger partial charge in [0, 0.05) is 6.54 Å². The van der Waals surface area contributed by atoms with Gasteiger partial charge in [-0.25, -0.2) is 0 Å². The van der Waals surface area contributed by atoms with Crippen molar-refractivity contribution in [2.75, 3.05) is 6.54 Å². The van der Waals surface area contributed by atoms with Crippen molar-refractivity contribution in [3.05, 3.63) is 35.9 Å². The average molecular weight is 288 g/mol. The summed E-state index contributed by atoms with van der Waals surface area (Å²) >= 11 is 0. The smallest absolute Gasteiger partial charge is 0.250 e. The molecular weight excluding hydrogens is 264 g/mol. The van der Waals surface area contributed by atoms with Crippen LogP contribution in [0.4, 0.5) is 0 Å². The predicted octanol–water partition coefficient (Wildman–Crippen LogP) is 2.51. The first-order valence-electron chi connectivity index (χ1n) is 7.57. The molecule has 1 aliphatic rings. The summed E-state index contributed by atoms with van der Waals surface area (Å²) < 4.78 is 0. The molecular formula is C17H24N2O2. The Morgan fingerprint density at radius 1 is 1.24 bits per heavy atom. The van der Waals surface area contributed by atoms with Crippen molar-refractivity contribution in [3.63, 3.8) is 0 Å². The van der Waals surface area contributed by atoms with E-state index in [1.54, 1.807) is 4.90 Å². The number of amides is 2. The molecule has 0 aliphatic carbocycles. The molecule has 1 N–H and O–H groups in total. The quantitative estimate of drug-likeness (QED) is 0.925. The van der Waals surface area contributed by atoms with Gasteiger partial charge in [0.15, 0.2) is 0 Å². The highest BCUT2D eigenvalue weighted by Crippen LogP contribution is 2.31. The Morgan fingerprint density at radius 2 is 1.86 bits per heavy atom. The minimum absolute atomic E-state index is 0.0150. The Kier molecular flexibility index (Phi) is 4.35. The lowest BCUT2D eigenvalue weighted by molar-refractivity contribution is -0.157. The van der Waals surface area contributed by atoms with Gasteiger partial charge < -0.3 is 10.2 Å². The van der Waals surface area contributed by atoms with Gasteiger partial charge in [0.2, 0.25) is 5.91 Å². The molecule has 0 radical (unpaired) electrons. The van der Waals surface area contributed by atoms with Gasteiger partial charge in [-0.15, -0.1) is 0 Å². The molecule has 4 nitrogen and oxygen atoms in total. The monoisotopic (exact) mass is 288 g/mol. The SMILES string of the molecule is CCC1(C)C(=O)NC(c2ccccc2)C(=O)N1CC(C)C. The van der Waals surface area contributed by atoms with E-state index in [-0.39, 0.29) is 11.8 Å². The van der Waals surface area contributed by atoms with Crippen LogP contribution in [0, 0.1) is 5.92 Å². The Labute approximate surface area is 126 Å². The van der Waals surface area contributed by atoms with Gasteiger partial charge in [0.05, 0.1) is 0 Å². The largest absolute Gasteiger partial charge is 0.338 e. The Hall–Kier alpha value is -1.84. The molecule has 1 saturated heterocycles. The van der Waals surface area contributed by atoms with Crippen LogP contribution in [0.25, 0.3) is 0 Å². The normalized spacial score (nSPS) is 26.1. The highest BCUT2D eigenvalue weighted by Gasteiger charge is 2.48. The zero-order valence-electron chi connectivity index (χ0n) is 13.2. The van der Waals surface area contributed by atoms with Crippen molar-refractivity contribution >= 4 is 11.8 Å². The molecule has 2 unspecified atom stereocenters. The summed E-state index contributed by atoms with van der Waals surface area (Å²) in [5.41, 5.74) is 0.0786. The van der Waals surface area contributed by atoms with E-state index >= 15 is 0 Å². The van der Waals surface area contributed by atoms with Crippen molar-refractivity contribution < 1.29 is 9.59 Å². The van der Waals surface area contributed by atoms with Gasteiger partial charge >= 0.3 is 0 Å². The number of piperazine rings is 1. The molecule has 0 saturated carbocycles.